The van der Waals surface area contributed by atoms with Crippen molar-refractivity contribution in [1.29, 1.82) is 0 Å². The number of hydrogen-bond donors (Lipinski definition) is 2. The van der Waals surface area contributed by atoms with Crippen molar-refractivity contribution >= 4 is 33.9 Å². The lowest BCUT2D eigenvalue weighted by Crippen LogP contribution is -2.05. The summed E-state index contributed by atoms with van der Waals surface area (Å²) in [6.07, 6.45) is 0. The van der Waals surface area contributed by atoms with E-state index >= 15 is 0 Å². The zero-order chi connectivity index (χ0) is 15.7. The second-order valence-electron chi connectivity index (χ2n) is 4.52. The van der Waals surface area contributed by atoms with Gasteiger partial charge in [-0.2, -0.15) is 5.11 Å². The van der Waals surface area contributed by atoms with Gasteiger partial charge >= 0.3 is 0 Å². The quantitative estimate of drug-likeness (QED) is 0.685. The highest BCUT2D eigenvalue weighted by Gasteiger charge is 2.11. The summed E-state index contributed by atoms with van der Waals surface area (Å²) < 4.78 is 12.8. The number of aromatic amines is 1. The monoisotopic (exact) mass is 317 g/mol. The number of nitrogens with one attached hydrogen (secondary N) is 1. The number of H-pyrrole nitrogens is 1. The molecule has 5 nitrogen and oxygen atoms in total. The number of aromatic nitrogens is 1. The van der Waals surface area contributed by atoms with E-state index in [0.29, 0.717) is 21.6 Å². The molecule has 2 N–H and O–H groups in total. The minimum Gasteiger partial charge on any atom is -0.505 e. The van der Waals surface area contributed by atoms with Gasteiger partial charge in [0.25, 0.3) is 5.56 Å². The Labute approximate surface area is 128 Å². The van der Waals surface area contributed by atoms with Crippen molar-refractivity contribution in [3.8, 4) is 5.75 Å². The smallest absolute Gasteiger partial charge is 0.280 e. The van der Waals surface area contributed by atoms with E-state index in [0.717, 1.165) is 0 Å². The molecule has 3 rings (SSSR count). The number of fused-ring (bicyclic) bond motifs is 1. The molecule has 0 saturated carbocycles. The maximum Gasteiger partial charge on any atom is 0.280 e. The number of nitrogens with zero attached hydrogens (tertiary/aromatic N) is 2. The molecule has 0 spiro atoms. The average Bonchev–Trinajstić information content (AvgIpc) is 2.48. The summed E-state index contributed by atoms with van der Waals surface area (Å²) in [7, 11) is 0. The van der Waals surface area contributed by atoms with Crippen molar-refractivity contribution in [2.24, 2.45) is 10.2 Å². The van der Waals surface area contributed by atoms with Gasteiger partial charge in [-0.1, -0.05) is 11.6 Å². The molecule has 1 heterocycles. The molecule has 0 unspecified atom stereocenters. The van der Waals surface area contributed by atoms with Crippen LogP contribution in [0.1, 0.15) is 0 Å². The third-order valence-corrected chi connectivity index (χ3v) is 3.25. The number of aromatic hydroxyl groups is 1. The first kappa shape index (κ1) is 14.2. The van der Waals surface area contributed by atoms with E-state index in [4.69, 9.17) is 11.6 Å². The summed E-state index contributed by atoms with van der Waals surface area (Å²) in [6, 6.07) is 9.94. The number of pyridine rings is 1. The van der Waals surface area contributed by atoms with Crippen molar-refractivity contribution < 1.29 is 9.50 Å². The van der Waals surface area contributed by atoms with Gasteiger partial charge < -0.3 is 10.1 Å². The highest BCUT2D eigenvalue weighted by molar-refractivity contribution is 6.31. The molecule has 0 fully saturated rings. The van der Waals surface area contributed by atoms with Crippen LogP contribution in [0, 0.1) is 5.82 Å². The molecule has 0 aliphatic rings. The first-order valence-corrected chi connectivity index (χ1v) is 6.64. The van der Waals surface area contributed by atoms with Crippen LogP contribution in [0.25, 0.3) is 10.9 Å². The average molecular weight is 318 g/mol. The zero-order valence-electron chi connectivity index (χ0n) is 11.0. The molecule has 0 aliphatic carbocycles. The van der Waals surface area contributed by atoms with Crippen molar-refractivity contribution in [1.82, 2.24) is 4.98 Å². The first-order chi connectivity index (χ1) is 10.5. The van der Waals surface area contributed by atoms with Gasteiger partial charge in [-0.05, 0) is 42.5 Å². The van der Waals surface area contributed by atoms with Gasteiger partial charge in [-0.3, -0.25) is 4.79 Å². The molecule has 1 aromatic heterocycles. The van der Waals surface area contributed by atoms with Crippen LogP contribution >= 0.6 is 11.6 Å². The van der Waals surface area contributed by atoms with Crippen LogP contribution in [0.5, 0.6) is 5.75 Å². The normalized spacial score (nSPS) is 11.4. The fraction of sp³-hybridized carbons (Fsp3) is 0. The molecule has 0 saturated heterocycles. The van der Waals surface area contributed by atoms with Gasteiger partial charge in [0.1, 0.15) is 5.82 Å². The van der Waals surface area contributed by atoms with Crippen LogP contribution in [-0.4, -0.2) is 10.1 Å². The van der Waals surface area contributed by atoms with E-state index in [1.54, 1.807) is 12.1 Å². The summed E-state index contributed by atoms with van der Waals surface area (Å²) >= 11 is 5.84. The van der Waals surface area contributed by atoms with Crippen molar-refractivity contribution in [2.75, 3.05) is 0 Å². The second-order valence-corrected chi connectivity index (χ2v) is 4.95. The third-order valence-electron chi connectivity index (χ3n) is 3.02. The molecule has 3 aromatic rings. The predicted octanol–water partition coefficient (Wildman–Crippen LogP) is 4.44. The van der Waals surface area contributed by atoms with E-state index in [2.05, 4.69) is 15.2 Å². The third kappa shape index (κ3) is 2.68. The van der Waals surface area contributed by atoms with Gasteiger partial charge in [-0.15, -0.1) is 5.11 Å². The Morgan fingerprint density at radius 3 is 2.55 bits per heavy atom. The van der Waals surface area contributed by atoms with Crippen LogP contribution in [0.3, 0.4) is 0 Å². The fourth-order valence-electron chi connectivity index (χ4n) is 1.95. The number of rotatable bonds is 2. The minimum atomic E-state index is -0.599. The fourth-order valence-corrected chi connectivity index (χ4v) is 2.12. The SMILES string of the molecule is O=c1[nH]c2cc(Cl)ccc2c(O)c1N=Nc1ccc(F)cc1. The molecule has 110 valence electrons. The second kappa shape index (κ2) is 5.57. The van der Waals surface area contributed by atoms with Crippen molar-refractivity contribution in [2.45, 2.75) is 0 Å². The molecular formula is C15H9ClFN3O2. The topological polar surface area (TPSA) is 77.8 Å². The summed E-state index contributed by atoms with van der Waals surface area (Å²) in [4.78, 5) is 14.5. The predicted molar refractivity (Wildman–Crippen MR) is 81.8 cm³/mol. The van der Waals surface area contributed by atoms with Crippen LogP contribution in [0.2, 0.25) is 5.02 Å². The molecule has 2 aromatic carbocycles. The minimum absolute atomic E-state index is 0.223. The molecule has 0 aliphatic heterocycles. The summed E-state index contributed by atoms with van der Waals surface area (Å²) in [6.45, 7) is 0. The van der Waals surface area contributed by atoms with Crippen LogP contribution in [-0.2, 0) is 0 Å². The van der Waals surface area contributed by atoms with Crippen molar-refractivity contribution in [3.63, 3.8) is 0 Å². The van der Waals surface area contributed by atoms with E-state index in [1.165, 1.54) is 30.3 Å². The molecular weight excluding hydrogens is 309 g/mol. The van der Waals surface area contributed by atoms with Crippen LogP contribution < -0.4 is 5.56 Å². The Balaban J connectivity index is 2.09. The number of benzene rings is 2. The Hall–Kier alpha value is -2.73. The molecule has 0 radical (unpaired) electrons. The van der Waals surface area contributed by atoms with Gasteiger partial charge in [0.2, 0.25) is 0 Å². The zero-order valence-corrected chi connectivity index (χ0v) is 11.8. The van der Waals surface area contributed by atoms with Crippen molar-refractivity contribution in [3.05, 3.63) is 63.7 Å². The van der Waals surface area contributed by atoms with E-state index in [1.807, 2.05) is 0 Å². The maximum atomic E-state index is 12.8. The lowest BCUT2D eigenvalue weighted by Gasteiger charge is -2.03. The number of azo groups is 1. The molecule has 0 atom stereocenters. The van der Waals surface area contributed by atoms with Gasteiger partial charge in [0.05, 0.1) is 11.2 Å². The van der Waals surface area contributed by atoms with Gasteiger partial charge in [-0.25, -0.2) is 4.39 Å². The molecule has 0 amide bonds. The number of hydrogen-bond acceptors (Lipinski definition) is 4. The Morgan fingerprint density at radius 2 is 1.82 bits per heavy atom. The van der Waals surface area contributed by atoms with E-state index in [9.17, 15) is 14.3 Å². The highest BCUT2D eigenvalue weighted by atomic mass is 35.5. The Bertz CT molecular complexity index is 936. The van der Waals surface area contributed by atoms with Gasteiger partial charge in [0.15, 0.2) is 11.4 Å². The van der Waals surface area contributed by atoms with Crippen LogP contribution in [0.4, 0.5) is 15.8 Å². The van der Waals surface area contributed by atoms with Crippen LogP contribution in [0.15, 0.2) is 57.5 Å². The molecule has 0 bridgehead atoms. The van der Waals surface area contributed by atoms with E-state index in [-0.39, 0.29) is 11.4 Å². The van der Waals surface area contributed by atoms with Gasteiger partial charge in [0, 0.05) is 10.4 Å². The molecule has 7 heteroatoms. The van der Waals surface area contributed by atoms with E-state index < -0.39 is 11.4 Å². The largest absolute Gasteiger partial charge is 0.505 e. The molecule has 22 heavy (non-hydrogen) atoms. The maximum absolute atomic E-state index is 12.8. The Morgan fingerprint density at radius 1 is 1.09 bits per heavy atom. The lowest BCUT2D eigenvalue weighted by atomic mass is 10.2. The summed E-state index contributed by atoms with van der Waals surface area (Å²) in [5, 5.41) is 18.6. The standard InChI is InChI=1S/C15H9ClFN3O2/c16-8-1-6-11-12(7-8)18-15(22)13(14(11)21)20-19-10-4-2-9(17)3-5-10/h1-7H,(H2,18,21,22). The summed E-state index contributed by atoms with van der Waals surface area (Å²) in [5.74, 6) is -0.691. The first-order valence-electron chi connectivity index (χ1n) is 6.26. The highest BCUT2D eigenvalue weighted by Crippen LogP contribution is 2.32. The Kier molecular flexibility index (Phi) is 3.60. The lowest BCUT2D eigenvalue weighted by molar-refractivity contribution is 0.481. The summed E-state index contributed by atoms with van der Waals surface area (Å²) in [5.41, 5.74) is -0.0654. The number of halogens is 2.